The van der Waals surface area contributed by atoms with Crippen LogP contribution in [-0.2, 0) is 7.05 Å². The molecule has 0 saturated carbocycles. The summed E-state index contributed by atoms with van der Waals surface area (Å²) >= 11 is 0. The van der Waals surface area contributed by atoms with E-state index >= 15 is 0 Å². The third-order valence-electron chi connectivity index (χ3n) is 2.66. The molecule has 96 valence electrons. The predicted molar refractivity (Wildman–Crippen MR) is 67.0 cm³/mol. The SMILES string of the molecule is Cc1cc(Oc2ccc([C@H](C)N)cc2F)n(C)n1. The highest BCUT2D eigenvalue weighted by atomic mass is 19.1. The van der Waals surface area contributed by atoms with Gasteiger partial charge in [0.05, 0.1) is 5.69 Å². The Bertz CT molecular complexity index is 563. The van der Waals surface area contributed by atoms with Crippen molar-refractivity contribution in [2.24, 2.45) is 12.8 Å². The highest BCUT2D eigenvalue weighted by Gasteiger charge is 2.10. The standard InChI is InChI=1S/C13H16FN3O/c1-8-6-13(17(3)16-8)18-12-5-4-10(9(2)15)7-11(12)14/h4-7,9H,15H2,1-3H3/t9-/m0/s1. The van der Waals surface area contributed by atoms with Crippen LogP contribution < -0.4 is 10.5 Å². The summed E-state index contributed by atoms with van der Waals surface area (Å²) in [5.41, 5.74) is 7.25. The largest absolute Gasteiger partial charge is 0.436 e. The van der Waals surface area contributed by atoms with E-state index in [2.05, 4.69) is 5.10 Å². The Morgan fingerprint density at radius 2 is 2.11 bits per heavy atom. The van der Waals surface area contributed by atoms with Crippen LogP contribution in [0.25, 0.3) is 0 Å². The van der Waals surface area contributed by atoms with Crippen molar-refractivity contribution in [1.82, 2.24) is 9.78 Å². The monoisotopic (exact) mass is 249 g/mol. The topological polar surface area (TPSA) is 53.1 Å². The van der Waals surface area contributed by atoms with E-state index in [9.17, 15) is 4.39 Å². The van der Waals surface area contributed by atoms with E-state index in [-0.39, 0.29) is 11.8 Å². The molecule has 2 aromatic rings. The summed E-state index contributed by atoms with van der Waals surface area (Å²) in [5, 5.41) is 4.13. The fourth-order valence-electron chi connectivity index (χ4n) is 1.68. The molecular formula is C13H16FN3O. The number of halogens is 1. The summed E-state index contributed by atoms with van der Waals surface area (Å²) < 4.78 is 20.9. The first-order chi connectivity index (χ1) is 8.47. The minimum Gasteiger partial charge on any atom is -0.436 e. The molecule has 1 atom stereocenters. The minimum atomic E-state index is -0.427. The van der Waals surface area contributed by atoms with Crippen molar-refractivity contribution in [3.05, 3.63) is 41.3 Å². The van der Waals surface area contributed by atoms with Gasteiger partial charge < -0.3 is 10.5 Å². The van der Waals surface area contributed by atoms with Crippen LogP contribution in [0.15, 0.2) is 24.3 Å². The Hall–Kier alpha value is -1.88. The number of nitrogens with two attached hydrogens (primary N) is 1. The summed E-state index contributed by atoms with van der Waals surface area (Å²) in [5.74, 6) is 0.242. The van der Waals surface area contributed by atoms with Gasteiger partial charge in [-0.3, -0.25) is 0 Å². The molecule has 0 radical (unpaired) electrons. The van der Waals surface area contributed by atoms with E-state index in [1.165, 1.54) is 6.07 Å². The first-order valence-corrected chi connectivity index (χ1v) is 5.71. The molecule has 0 aliphatic carbocycles. The zero-order chi connectivity index (χ0) is 13.3. The molecule has 2 N–H and O–H groups in total. The maximum Gasteiger partial charge on any atom is 0.217 e. The Balaban J connectivity index is 2.27. The number of ether oxygens (including phenoxy) is 1. The smallest absolute Gasteiger partial charge is 0.217 e. The van der Waals surface area contributed by atoms with Crippen LogP contribution in [0.4, 0.5) is 4.39 Å². The van der Waals surface area contributed by atoms with Crippen LogP contribution in [-0.4, -0.2) is 9.78 Å². The molecule has 1 heterocycles. The number of hydrogen-bond acceptors (Lipinski definition) is 3. The van der Waals surface area contributed by atoms with Gasteiger partial charge in [-0.2, -0.15) is 5.10 Å². The Labute approximate surface area is 105 Å². The normalized spacial score (nSPS) is 12.5. The van der Waals surface area contributed by atoms with Crippen molar-refractivity contribution in [2.45, 2.75) is 19.9 Å². The van der Waals surface area contributed by atoms with Gasteiger partial charge in [-0.1, -0.05) is 6.07 Å². The van der Waals surface area contributed by atoms with E-state index in [4.69, 9.17) is 10.5 Å². The Kier molecular flexibility index (Phi) is 3.34. The van der Waals surface area contributed by atoms with E-state index < -0.39 is 5.82 Å². The molecule has 0 aliphatic heterocycles. The number of aromatic nitrogens is 2. The molecular weight excluding hydrogens is 233 g/mol. The van der Waals surface area contributed by atoms with Crippen LogP contribution in [0.3, 0.4) is 0 Å². The molecule has 0 saturated heterocycles. The molecule has 0 spiro atoms. The molecule has 0 fully saturated rings. The second kappa shape index (κ2) is 4.78. The lowest BCUT2D eigenvalue weighted by Crippen LogP contribution is -2.05. The van der Waals surface area contributed by atoms with Gasteiger partial charge in [-0.15, -0.1) is 0 Å². The second-order valence-electron chi connectivity index (χ2n) is 4.33. The van der Waals surface area contributed by atoms with Crippen molar-refractivity contribution in [2.75, 3.05) is 0 Å². The van der Waals surface area contributed by atoms with Gasteiger partial charge in [0, 0.05) is 19.2 Å². The van der Waals surface area contributed by atoms with Crippen molar-refractivity contribution in [3.8, 4) is 11.6 Å². The fourth-order valence-corrected chi connectivity index (χ4v) is 1.68. The Morgan fingerprint density at radius 3 is 2.61 bits per heavy atom. The summed E-state index contributed by atoms with van der Waals surface area (Å²) in [6.07, 6.45) is 0. The molecule has 0 aliphatic rings. The fraction of sp³-hybridized carbons (Fsp3) is 0.308. The van der Waals surface area contributed by atoms with Crippen LogP contribution in [0.5, 0.6) is 11.6 Å². The van der Waals surface area contributed by atoms with Crippen LogP contribution in [0, 0.1) is 12.7 Å². The summed E-state index contributed by atoms with van der Waals surface area (Å²) in [7, 11) is 1.75. The average molecular weight is 249 g/mol. The lowest BCUT2D eigenvalue weighted by atomic mass is 10.1. The average Bonchev–Trinajstić information content (AvgIpc) is 2.60. The molecule has 18 heavy (non-hydrogen) atoms. The molecule has 1 aromatic carbocycles. The number of hydrogen-bond donors (Lipinski definition) is 1. The van der Waals surface area contributed by atoms with Gasteiger partial charge in [0.2, 0.25) is 5.88 Å². The molecule has 5 heteroatoms. The molecule has 0 unspecified atom stereocenters. The van der Waals surface area contributed by atoms with Crippen LogP contribution >= 0.6 is 0 Å². The summed E-state index contributed by atoms with van der Waals surface area (Å²) in [6, 6.07) is 6.28. The first kappa shape index (κ1) is 12.6. The van der Waals surface area contributed by atoms with E-state index in [0.29, 0.717) is 5.88 Å². The van der Waals surface area contributed by atoms with Gasteiger partial charge in [0.1, 0.15) is 0 Å². The van der Waals surface area contributed by atoms with Crippen molar-refractivity contribution < 1.29 is 9.13 Å². The Morgan fingerprint density at radius 1 is 1.39 bits per heavy atom. The number of benzene rings is 1. The molecule has 0 amide bonds. The van der Waals surface area contributed by atoms with Gasteiger partial charge in [0.25, 0.3) is 0 Å². The lowest BCUT2D eigenvalue weighted by Gasteiger charge is -2.09. The molecule has 1 aromatic heterocycles. The third kappa shape index (κ3) is 2.51. The third-order valence-corrected chi connectivity index (χ3v) is 2.66. The molecule has 4 nitrogen and oxygen atoms in total. The highest BCUT2D eigenvalue weighted by molar-refractivity contribution is 5.33. The first-order valence-electron chi connectivity index (χ1n) is 5.71. The minimum absolute atomic E-state index is 0.169. The summed E-state index contributed by atoms with van der Waals surface area (Å²) in [4.78, 5) is 0. The van der Waals surface area contributed by atoms with Crippen LogP contribution in [0.1, 0.15) is 24.2 Å². The number of rotatable bonds is 3. The van der Waals surface area contributed by atoms with Gasteiger partial charge in [-0.05, 0) is 31.5 Å². The zero-order valence-electron chi connectivity index (χ0n) is 10.6. The van der Waals surface area contributed by atoms with Crippen molar-refractivity contribution in [3.63, 3.8) is 0 Å². The van der Waals surface area contributed by atoms with Crippen molar-refractivity contribution in [1.29, 1.82) is 0 Å². The number of aryl methyl sites for hydroxylation is 2. The predicted octanol–water partition coefficient (Wildman–Crippen LogP) is 2.68. The van der Waals surface area contributed by atoms with E-state index in [0.717, 1.165) is 11.3 Å². The quantitative estimate of drug-likeness (QED) is 0.909. The van der Waals surface area contributed by atoms with Gasteiger partial charge >= 0.3 is 0 Å². The second-order valence-corrected chi connectivity index (χ2v) is 4.33. The number of nitrogens with zero attached hydrogens (tertiary/aromatic N) is 2. The van der Waals surface area contributed by atoms with Gasteiger partial charge in [0.15, 0.2) is 11.6 Å². The van der Waals surface area contributed by atoms with E-state index in [1.54, 1.807) is 36.9 Å². The van der Waals surface area contributed by atoms with Crippen molar-refractivity contribution >= 4 is 0 Å². The molecule has 2 rings (SSSR count). The lowest BCUT2D eigenvalue weighted by molar-refractivity contribution is 0.403. The van der Waals surface area contributed by atoms with E-state index in [1.807, 2.05) is 6.92 Å². The van der Waals surface area contributed by atoms with Gasteiger partial charge in [-0.25, -0.2) is 9.07 Å². The molecule has 0 bridgehead atoms. The van der Waals surface area contributed by atoms with Crippen LogP contribution in [0.2, 0.25) is 0 Å². The summed E-state index contributed by atoms with van der Waals surface area (Å²) in [6.45, 7) is 3.65. The maximum absolute atomic E-state index is 13.8. The maximum atomic E-state index is 13.8. The zero-order valence-corrected chi connectivity index (χ0v) is 10.6. The highest BCUT2D eigenvalue weighted by Crippen LogP contribution is 2.26.